The van der Waals surface area contributed by atoms with E-state index < -0.39 is 5.82 Å². The molecule has 1 unspecified atom stereocenters. The topological polar surface area (TPSA) is 38.3 Å². The van der Waals surface area contributed by atoms with E-state index >= 15 is 0 Å². The van der Waals surface area contributed by atoms with E-state index in [1.54, 1.807) is 24.3 Å². The van der Waals surface area contributed by atoms with Crippen molar-refractivity contribution < 1.29 is 13.9 Å². The third kappa shape index (κ3) is 4.61. The lowest BCUT2D eigenvalue weighted by molar-refractivity contribution is -0.123. The van der Waals surface area contributed by atoms with Gasteiger partial charge >= 0.3 is 0 Å². The van der Waals surface area contributed by atoms with Gasteiger partial charge in [-0.2, -0.15) is 0 Å². The van der Waals surface area contributed by atoms with Gasteiger partial charge in [0.25, 0.3) is 5.91 Å². The van der Waals surface area contributed by atoms with Crippen molar-refractivity contribution in [1.29, 1.82) is 0 Å². The third-order valence-corrected chi connectivity index (χ3v) is 3.73. The molecule has 0 aliphatic carbocycles. The van der Waals surface area contributed by atoms with Gasteiger partial charge in [-0.25, -0.2) is 4.39 Å². The molecule has 0 spiro atoms. The monoisotopic (exact) mass is 341 g/mol. The second-order valence-electron chi connectivity index (χ2n) is 4.71. The van der Waals surface area contributed by atoms with Crippen LogP contribution in [0.3, 0.4) is 0 Å². The lowest BCUT2D eigenvalue weighted by Crippen LogP contribution is -2.31. The minimum absolute atomic E-state index is 0.199. The van der Waals surface area contributed by atoms with E-state index in [1.165, 1.54) is 18.2 Å². The summed E-state index contributed by atoms with van der Waals surface area (Å²) in [5.41, 5.74) is 0.827. The van der Waals surface area contributed by atoms with Gasteiger partial charge < -0.3 is 10.1 Å². The van der Waals surface area contributed by atoms with Gasteiger partial charge in [-0.05, 0) is 36.8 Å². The lowest BCUT2D eigenvalue weighted by atomic mass is 10.1. The average Bonchev–Trinajstić information content (AvgIpc) is 2.48. The summed E-state index contributed by atoms with van der Waals surface area (Å²) in [5, 5.41) is 3.65. The number of halogens is 3. The average molecular weight is 342 g/mol. The molecule has 2 aromatic carbocycles. The number of nitrogens with one attached hydrogen (secondary N) is 1. The maximum Gasteiger partial charge on any atom is 0.258 e. The highest BCUT2D eigenvalue weighted by Gasteiger charge is 2.11. The van der Waals surface area contributed by atoms with Crippen LogP contribution in [0.5, 0.6) is 5.75 Å². The summed E-state index contributed by atoms with van der Waals surface area (Å²) in [6.45, 7) is 1.62. The summed E-state index contributed by atoms with van der Waals surface area (Å²) in [4.78, 5) is 11.8. The summed E-state index contributed by atoms with van der Waals surface area (Å²) in [6.07, 6.45) is 0. The fourth-order valence-electron chi connectivity index (χ4n) is 1.85. The molecule has 0 aliphatic rings. The third-order valence-electron chi connectivity index (χ3n) is 2.99. The predicted molar refractivity (Wildman–Crippen MR) is 84.9 cm³/mol. The number of rotatable bonds is 5. The van der Waals surface area contributed by atoms with Crippen molar-refractivity contribution in [2.24, 2.45) is 0 Å². The van der Waals surface area contributed by atoms with Crippen LogP contribution in [-0.2, 0) is 4.79 Å². The van der Waals surface area contributed by atoms with Crippen LogP contribution in [0, 0.1) is 5.82 Å². The molecule has 0 heterocycles. The van der Waals surface area contributed by atoms with Crippen molar-refractivity contribution in [3.05, 3.63) is 63.9 Å². The Hall–Kier alpha value is -1.78. The van der Waals surface area contributed by atoms with Crippen molar-refractivity contribution in [3.63, 3.8) is 0 Å². The van der Waals surface area contributed by atoms with Crippen LogP contribution in [0.1, 0.15) is 18.5 Å². The number of carbonyl (C=O) groups excluding carboxylic acids is 1. The van der Waals surface area contributed by atoms with E-state index in [1.807, 2.05) is 6.92 Å². The first kappa shape index (κ1) is 16.6. The Morgan fingerprint density at radius 2 is 2.00 bits per heavy atom. The smallest absolute Gasteiger partial charge is 0.258 e. The highest BCUT2D eigenvalue weighted by molar-refractivity contribution is 6.42. The minimum atomic E-state index is -0.415. The number of ether oxygens (including phenoxy) is 1. The summed E-state index contributed by atoms with van der Waals surface area (Å²) >= 11 is 11.8. The van der Waals surface area contributed by atoms with E-state index in [-0.39, 0.29) is 18.6 Å². The van der Waals surface area contributed by atoms with Crippen LogP contribution in [0.4, 0.5) is 4.39 Å². The van der Waals surface area contributed by atoms with E-state index in [9.17, 15) is 9.18 Å². The standard InChI is InChI=1S/C16H14Cl2FNO2/c1-10(11-5-6-14(17)15(18)7-11)20-16(21)9-22-13-4-2-3-12(19)8-13/h2-8,10H,9H2,1H3,(H,20,21). The fourth-order valence-corrected chi connectivity index (χ4v) is 2.16. The summed E-state index contributed by atoms with van der Waals surface area (Å²) in [5.74, 6) is -0.428. The Morgan fingerprint density at radius 1 is 1.23 bits per heavy atom. The summed E-state index contributed by atoms with van der Waals surface area (Å²) in [7, 11) is 0. The molecule has 0 bridgehead atoms. The van der Waals surface area contributed by atoms with Gasteiger partial charge in [0.1, 0.15) is 11.6 Å². The largest absolute Gasteiger partial charge is 0.484 e. The van der Waals surface area contributed by atoms with Crippen LogP contribution >= 0.6 is 23.2 Å². The Balaban J connectivity index is 1.89. The molecule has 0 aliphatic heterocycles. The first-order valence-corrected chi connectivity index (χ1v) is 7.34. The van der Waals surface area contributed by atoms with Crippen LogP contribution < -0.4 is 10.1 Å². The molecular weight excluding hydrogens is 328 g/mol. The Morgan fingerprint density at radius 3 is 2.68 bits per heavy atom. The quantitative estimate of drug-likeness (QED) is 0.875. The van der Waals surface area contributed by atoms with Crippen LogP contribution in [0.25, 0.3) is 0 Å². The molecule has 116 valence electrons. The Labute approximate surface area is 138 Å². The molecule has 22 heavy (non-hydrogen) atoms. The second kappa shape index (κ2) is 7.47. The van der Waals surface area contributed by atoms with E-state index in [4.69, 9.17) is 27.9 Å². The molecule has 0 saturated heterocycles. The molecular formula is C16H14Cl2FNO2. The Kier molecular flexibility index (Phi) is 5.63. The normalized spacial score (nSPS) is 11.8. The zero-order valence-corrected chi connectivity index (χ0v) is 13.3. The molecule has 2 rings (SSSR count). The first-order chi connectivity index (χ1) is 10.5. The molecule has 0 fully saturated rings. The SMILES string of the molecule is CC(NC(=O)COc1cccc(F)c1)c1ccc(Cl)c(Cl)c1. The maximum absolute atomic E-state index is 13.0. The number of hydrogen-bond acceptors (Lipinski definition) is 2. The van der Waals surface area contributed by atoms with Gasteiger partial charge in [-0.3, -0.25) is 4.79 Å². The van der Waals surface area contributed by atoms with Crippen molar-refractivity contribution in [3.8, 4) is 5.75 Å². The zero-order chi connectivity index (χ0) is 16.1. The lowest BCUT2D eigenvalue weighted by Gasteiger charge is -2.15. The molecule has 3 nitrogen and oxygen atoms in total. The van der Waals surface area contributed by atoms with Crippen LogP contribution in [0.2, 0.25) is 10.0 Å². The molecule has 1 N–H and O–H groups in total. The highest BCUT2D eigenvalue weighted by Crippen LogP contribution is 2.25. The number of benzene rings is 2. The van der Waals surface area contributed by atoms with Crippen molar-refractivity contribution in [2.75, 3.05) is 6.61 Å². The highest BCUT2D eigenvalue weighted by atomic mass is 35.5. The molecule has 0 aromatic heterocycles. The Bertz CT molecular complexity index is 679. The molecule has 2 aromatic rings. The van der Waals surface area contributed by atoms with Gasteiger partial charge in [-0.15, -0.1) is 0 Å². The molecule has 1 atom stereocenters. The number of hydrogen-bond donors (Lipinski definition) is 1. The summed E-state index contributed by atoms with van der Waals surface area (Å²) < 4.78 is 18.2. The molecule has 0 saturated carbocycles. The minimum Gasteiger partial charge on any atom is -0.484 e. The first-order valence-electron chi connectivity index (χ1n) is 6.58. The van der Waals surface area contributed by atoms with E-state index in [0.29, 0.717) is 15.8 Å². The van der Waals surface area contributed by atoms with Crippen LogP contribution in [-0.4, -0.2) is 12.5 Å². The number of amides is 1. The molecule has 0 radical (unpaired) electrons. The summed E-state index contributed by atoms with van der Waals surface area (Å²) in [6, 6.07) is 10.5. The second-order valence-corrected chi connectivity index (χ2v) is 5.52. The van der Waals surface area contributed by atoms with Gasteiger partial charge in [0.05, 0.1) is 16.1 Å². The van der Waals surface area contributed by atoms with Gasteiger partial charge in [-0.1, -0.05) is 35.3 Å². The van der Waals surface area contributed by atoms with Crippen molar-refractivity contribution in [1.82, 2.24) is 5.32 Å². The predicted octanol–water partition coefficient (Wildman–Crippen LogP) is 4.39. The van der Waals surface area contributed by atoms with Gasteiger partial charge in [0.2, 0.25) is 0 Å². The van der Waals surface area contributed by atoms with E-state index in [0.717, 1.165) is 5.56 Å². The van der Waals surface area contributed by atoms with Crippen LogP contribution in [0.15, 0.2) is 42.5 Å². The van der Waals surface area contributed by atoms with Crippen molar-refractivity contribution in [2.45, 2.75) is 13.0 Å². The maximum atomic E-state index is 13.0. The van der Waals surface area contributed by atoms with E-state index in [2.05, 4.69) is 5.32 Å². The van der Waals surface area contributed by atoms with Gasteiger partial charge in [0, 0.05) is 6.07 Å². The van der Waals surface area contributed by atoms with Crippen molar-refractivity contribution >= 4 is 29.1 Å². The van der Waals surface area contributed by atoms with Gasteiger partial charge in [0.15, 0.2) is 6.61 Å². The fraction of sp³-hybridized carbons (Fsp3) is 0.188. The zero-order valence-electron chi connectivity index (χ0n) is 11.8. The molecule has 1 amide bonds. The molecule has 6 heteroatoms. The number of carbonyl (C=O) groups is 1.